The van der Waals surface area contributed by atoms with Crippen LogP contribution in [-0.4, -0.2) is 17.0 Å². The number of hydrogen-bond acceptors (Lipinski definition) is 2. The second kappa shape index (κ2) is 4.48. The Balaban J connectivity index is 2.18. The highest BCUT2D eigenvalue weighted by Gasteiger charge is 2.68. The average molecular weight is 296 g/mol. The molecule has 1 amide bonds. The Morgan fingerprint density at radius 1 is 1.20 bits per heavy atom. The maximum absolute atomic E-state index is 12.3. The Kier molecular flexibility index (Phi) is 3.33. The summed E-state index contributed by atoms with van der Waals surface area (Å²) < 4.78 is 0. The van der Waals surface area contributed by atoms with Gasteiger partial charge in [0.15, 0.2) is 0 Å². The van der Waals surface area contributed by atoms with E-state index in [0.717, 1.165) is 0 Å². The highest BCUT2D eigenvalue weighted by molar-refractivity contribution is 6.33. The van der Waals surface area contributed by atoms with E-state index in [1.807, 2.05) is 0 Å². The van der Waals surface area contributed by atoms with Crippen LogP contribution in [0.25, 0.3) is 0 Å². The summed E-state index contributed by atoms with van der Waals surface area (Å²) in [7, 11) is 0. The summed E-state index contributed by atoms with van der Waals surface area (Å²) >= 11 is 5.80. The Hall–Kier alpha value is -1.55. The Morgan fingerprint density at radius 3 is 2.20 bits per heavy atom. The lowest BCUT2D eigenvalue weighted by atomic mass is 10.0. The topological polar surface area (TPSA) is 66.4 Å². The molecule has 1 aromatic rings. The molecule has 0 radical (unpaired) electrons. The van der Waals surface area contributed by atoms with Crippen molar-refractivity contribution in [2.45, 2.75) is 27.7 Å². The highest BCUT2D eigenvalue weighted by Crippen LogP contribution is 2.68. The van der Waals surface area contributed by atoms with Crippen molar-refractivity contribution in [2.24, 2.45) is 16.7 Å². The fraction of sp³-hybridized carbons (Fsp3) is 0.467. The number of halogens is 1. The van der Waals surface area contributed by atoms with E-state index < -0.39 is 5.97 Å². The van der Waals surface area contributed by atoms with Crippen LogP contribution in [0.2, 0.25) is 5.02 Å². The van der Waals surface area contributed by atoms with Gasteiger partial charge in [0.25, 0.3) is 0 Å². The van der Waals surface area contributed by atoms with Crippen LogP contribution >= 0.6 is 11.6 Å². The molecule has 0 aromatic heterocycles. The third-order valence-corrected chi connectivity index (χ3v) is 5.08. The molecule has 20 heavy (non-hydrogen) atoms. The third kappa shape index (κ3) is 2.18. The number of carbonyl (C=O) groups is 2. The first-order chi connectivity index (χ1) is 9.09. The van der Waals surface area contributed by atoms with Gasteiger partial charge in [-0.25, -0.2) is 4.79 Å². The second-order valence-corrected chi connectivity index (χ2v) is 6.77. The molecule has 1 fully saturated rings. The molecule has 0 unspecified atom stereocenters. The number of carboxylic acid groups (broad SMARTS) is 1. The molecule has 0 saturated heterocycles. The molecule has 5 heteroatoms. The van der Waals surface area contributed by atoms with Crippen LogP contribution < -0.4 is 5.32 Å². The number of carbonyl (C=O) groups excluding carboxylic acids is 1. The molecule has 2 rings (SSSR count). The summed E-state index contributed by atoms with van der Waals surface area (Å²) in [6, 6.07) is 4.46. The van der Waals surface area contributed by atoms with Gasteiger partial charge in [0.2, 0.25) is 5.91 Å². The van der Waals surface area contributed by atoms with Gasteiger partial charge < -0.3 is 10.4 Å². The molecule has 4 nitrogen and oxygen atoms in total. The van der Waals surface area contributed by atoms with Gasteiger partial charge in [0.05, 0.1) is 10.6 Å². The lowest BCUT2D eigenvalue weighted by Crippen LogP contribution is -2.18. The highest BCUT2D eigenvalue weighted by atomic mass is 35.5. The summed E-state index contributed by atoms with van der Waals surface area (Å²) in [5, 5.41) is 11.9. The smallest absolute Gasteiger partial charge is 0.337 e. The molecule has 1 aromatic carbocycles. The first kappa shape index (κ1) is 14.9. The number of rotatable bonds is 3. The predicted octanol–water partition coefficient (Wildman–Crippen LogP) is 3.66. The van der Waals surface area contributed by atoms with Crippen LogP contribution in [0.1, 0.15) is 38.1 Å². The number of benzene rings is 1. The molecule has 0 aliphatic heterocycles. The number of hydrogen-bond donors (Lipinski definition) is 2. The minimum Gasteiger partial charge on any atom is -0.478 e. The third-order valence-electron chi connectivity index (χ3n) is 4.75. The monoisotopic (exact) mass is 295 g/mol. The van der Waals surface area contributed by atoms with Crippen LogP contribution in [0.5, 0.6) is 0 Å². The molecule has 0 spiro atoms. The zero-order chi connectivity index (χ0) is 15.3. The molecule has 0 atom stereocenters. The van der Waals surface area contributed by atoms with E-state index in [-0.39, 0.29) is 33.2 Å². The maximum atomic E-state index is 12.3. The summed E-state index contributed by atoms with van der Waals surface area (Å²) in [4.78, 5) is 23.3. The summed E-state index contributed by atoms with van der Waals surface area (Å²) in [6.07, 6.45) is 0. The van der Waals surface area contributed by atoms with Gasteiger partial charge in [-0.1, -0.05) is 39.3 Å². The summed E-state index contributed by atoms with van der Waals surface area (Å²) in [5.41, 5.74) is 0.326. The second-order valence-electron chi connectivity index (χ2n) is 6.37. The first-order valence-corrected chi connectivity index (χ1v) is 6.80. The van der Waals surface area contributed by atoms with E-state index in [9.17, 15) is 9.59 Å². The molecule has 1 aliphatic rings. The molecule has 1 saturated carbocycles. The van der Waals surface area contributed by atoms with Gasteiger partial charge in [-0.2, -0.15) is 0 Å². The molecular weight excluding hydrogens is 278 g/mol. The Labute approximate surface area is 123 Å². The van der Waals surface area contributed by atoms with E-state index in [0.29, 0.717) is 5.69 Å². The number of amides is 1. The molecule has 1 aliphatic carbocycles. The van der Waals surface area contributed by atoms with E-state index in [1.54, 1.807) is 6.07 Å². The van der Waals surface area contributed by atoms with Crippen LogP contribution in [0.15, 0.2) is 18.2 Å². The van der Waals surface area contributed by atoms with Gasteiger partial charge in [-0.15, -0.1) is 0 Å². The van der Waals surface area contributed by atoms with Crippen LogP contribution in [0.3, 0.4) is 0 Å². The molecule has 0 bridgehead atoms. The van der Waals surface area contributed by atoms with Crippen LogP contribution in [0, 0.1) is 16.7 Å². The number of carboxylic acids is 1. The standard InChI is InChI=1S/C15H18ClNO3/c1-14(2)11(15(14,3)4)12(18)17-8-5-6-10(16)9(7-8)13(19)20/h5-7,11H,1-4H3,(H,17,18)(H,19,20). The van der Waals surface area contributed by atoms with Gasteiger partial charge in [0, 0.05) is 11.6 Å². The zero-order valence-corrected chi connectivity index (χ0v) is 12.7. The minimum absolute atomic E-state index is 0.0150. The predicted molar refractivity (Wildman–Crippen MR) is 78.1 cm³/mol. The Bertz CT molecular complexity index is 579. The largest absolute Gasteiger partial charge is 0.478 e. The van der Waals surface area contributed by atoms with E-state index >= 15 is 0 Å². The van der Waals surface area contributed by atoms with E-state index in [4.69, 9.17) is 16.7 Å². The molecule has 0 heterocycles. The number of anilines is 1. The zero-order valence-electron chi connectivity index (χ0n) is 12.0. The van der Waals surface area contributed by atoms with Crippen molar-refractivity contribution < 1.29 is 14.7 Å². The van der Waals surface area contributed by atoms with Crippen molar-refractivity contribution in [1.29, 1.82) is 0 Å². The quantitative estimate of drug-likeness (QED) is 0.894. The van der Waals surface area contributed by atoms with E-state index in [2.05, 4.69) is 33.0 Å². The molecule has 2 N–H and O–H groups in total. The van der Waals surface area contributed by atoms with Crippen molar-refractivity contribution in [3.05, 3.63) is 28.8 Å². The number of nitrogens with one attached hydrogen (secondary N) is 1. The summed E-state index contributed by atoms with van der Waals surface area (Å²) in [6.45, 7) is 8.23. The molecular formula is C15H18ClNO3. The Morgan fingerprint density at radius 2 is 1.75 bits per heavy atom. The lowest BCUT2D eigenvalue weighted by Gasteiger charge is -2.08. The van der Waals surface area contributed by atoms with Crippen molar-refractivity contribution in [1.82, 2.24) is 0 Å². The summed E-state index contributed by atoms with van der Waals surface area (Å²) in [5.74, 6) is -1.28. The fourth-order valence-electron chi connectivity index (χ4n) is 2.83. The maximum Gasteiger partial charge on any atom is 0.337 e. The minimum atomic E-state index is -1.11. The number of aromatic carboxylic acids is 1. The average Bonchev–Trinajstić information content (AvgIpc) is 2.71. The van der Waals surface area contributed by atoms with Gasteiger partial charge in [0.1, 0.15) is 0 Å². The first-order valence-electron chi connectivity index (χ1n) is 6.42. The molecule has 108 valence electrons. The van der Waals surface area contributed by atoms with Crippen molar-refractivity contribution in [3.8, 4) is 0 Å². The van der Waals surface area contributed by atoms with Crippen molar-refractivity contribution in [3.63, 3.8) is 0 Å². The van der Waals surface area contributed by atoms with Crippen molar-refractivity contribution in [2.75, 3.05) is 5.32 Å². The van der Waals surface area contributed by atoms with Crippen LogP contribution in [0.4, 0.5) is 5.69 Å². The SMILES string of the molecule is CC1(C)C(C(=O)Nc2ccc(Cl)c(C(=O)O)c2)C1(C)C. The van der Waals surface area contributed by atoms with Gasteiger partial charge in [-0.05, 0) is 29.0 Å². The van der Waals surface area contributed by atoms with Gasteiger partial charge in [-0.3, -0.25) is 4.79 Å². The van der Waals surface area contributed by atoms with Crippen molar-refractivity contribution >= 4 is 29.2 Å². The van der Waals surface area contributed by atoms with Crippen LogP contribution in [-0.2, 0) is 4.79 Å². The van der Waals surface area contributed by atoms with E-state index in [1.165, 1.54) is 12.1 Å². The fourth-order valence-corrected chi connectivity index (χ4v) is 3.03. The van der Waals surface area contributed by atoms with Gasteiger partial charge >= 0.3 is 5.97 Å². The normalized spacial score (nSPS) is 19.4. The lowest BCUT2D eigenvalue weighted by molar-refractivity contribution is -0.118.